The zero-order valence-corrected chi connectivity index (χ0v) is 11.5. The quantitative estimate of drug-likeness (QED) is 0.706. The van der Waals surface area contributed by atoms with Gasteiger partial charge in [-0.15, -0.1) is 0 Å². The Morgan fingerprint density at radius 1 is 1.06 bits per heavy atom. The van der Waals surface area contributed by atoms with E-state index in [0.717, 1.165) is 18.9 Å². The van der Waals surface area contributed by atoms with Gasteiger partial charge in [-0.25, -0.2) is 0 Å². The molecule has 2 fully saturated rings. The van der Waals surface area contributed by atoms with Crippen molar-refractivity contribution in [3.05, 3.63) is 0 Å². The predicted molar refractivity (Wildman–Crippen MR) is 70.5 cm³/mol. The Hall–Kier alpha value is -0.160. The molecular formula is C14H27NO3. The van der Waals surface area contributed by atoms with Crippen LogP contribution in [0.3, 0.4) is 0 Å². The summed E-state index contributed by atoms with van der Waals surface area (Å²) in [6.07, 6.45) is 8.00. The average Bonchev–Trinajstić information content (AvgIpc) is 2.40. The van der Waals surface area contributed by atoms with Gasteiger partial charge in [-0.05, 0) is 25.2 Å². The van der Waals surface area contributed by atoms with Crippen molar-refractivity contribution in [1.29, 1.82) is 0 Å². The summed E-state index contributed by atoms with van der Waals surface area (Å²) in [6, 6.07) is 0.137. The molecule has 4 nitrogen and oxygen atoms in total. The summed E-state index contributed by atoms with van der Waals surface area (Å²) >= 11 is 0. The van der Waals surface area contributed by atoms with E-state index in [4.69, 9.17) is 19.9 Å². The van der Waals surface area contributed by atoms with E-state index in [1.807, 2.05) is 0 Å². The molecule has 4 heteroatoms. The molecule has 0 radical (unpaired) electrons. The topological polar surface area (TPSA) is 53.7 Å². The number of methoxy groups -OCH3 is 1. The fourth-order valence-corrected chi connectivity index (χ4v) is 2.89. The summed E-state index contributed by atoms with van der Waals surface area (Å²) in [5.74, 6) is 0.759. The molecule has 2 aliphatic carbocycles. The predicted octanol–water partition coefficient (Wildman–Crippen LogP) is 1.71. The lowest BCUT2D eigenvalue weighted by Gasteiger charge is -2.42. The molecule has 0 heterocycles. The van der Waals surface area contributed by atoms with Crippen molar-refractivity contribution >= 4 is 0 Å². The van der Waals surface area contributed by atoms with Gasteiger partial charge in [0.25, 0.3) is 0 Å². The van der Waals surface area contributed by atoms with E-state index >= 15 is 0 Å². The minimum atomic E-state index is 0.0729. The average molecular weight is 257 g/mol. The molecule has 18 heavy (non-hydrogen) atoms. The van der Waals surface area contributed by atoms with Gasteiger partial charge in [-0.1, -0.05) is 19.3 Å². The van der Waals surface area contributed by atoms with Gasteiger partial charge in [0.2, 0.25) is 0 Å². The minimum Gasteiger partial charge on any atom is -0.382 e. The molecule has 3 atom stereocenters. The summed E-state index contributed by atoms with van der Waals surface area (Å²) in [5, 5.41) is 0. The highest BCUT2D eigenvalue weighted by Gasteiger charge is 2.40. The molecule has 2 N–H and O–H groups in total. The molecule has 0 saturated heterocycles. The Kier molecular flexibility index (Phi) is 5.89. The van der Waals surface area contributed by atoms with Gasteiger partial charge in [0, 0.05) is 19.8 Å². The van der Waals surface area contributed by atoms with Gasteiger partial charge in [-0.3, -0.25) is 0 Å². The molecule has 0 aliphatic heterocycles. The Morgan fingerprint density at radius 3 is 2.50 bits per heavy atom. The molecule has 0 aromatic rings. The molecule has 106 valence electrons. The van der Waals surface area contributed by atoms with E-state index < -0.39 is 0 Å². The molecular weight excluding hydrogens is 230 g/mol. The number of rotatable bonds is 7. The Bertz CT molecular complexity index is 231. The summed E-state index contributed by atoms with van der Waals surface area (Å²) in [7, 11) is 1.68. The van der Waals surface area contributed by atoms with Crippen LogP contribution >= 0.6 is 0 Å². The van der Waals surface area contributed by atoms with Crippen LogP contribution in [0.2, 0.25) is 0 Å². The van der Waals surface area contributed by atoms with Gasteiger partial charge in [0.05, 0.1) is 25.4 Å². The first-order valence-corrected chi connectivity index (χ1v) is 7.29. The van der Waals surface area contributed by atoms with Crippen molar-refractivity contribution in [3.8, 4) is 0 Å². The molecule has 0 aromatic carbocycles. The van der Waals surface area contributed by atoms with Gasteiger partial charge in [0.1, 0.15) is 0 Å². The van der Waals surface area contributed by atoms with Crippen LogP contribution in [0.15, 0.2) is 0 Å². The lowest BCUT2D eigenvalue weighted by molar-refractivity contribution is -0.151. The van der Waals surface area contributed by atoms with Crippen LogP contribution in [0.25, 0.3) is 0 Å². The second kappa shape index (κ2) is 7.43. The molecule has 0 spiro atoms. The third-order valence-corrected chi connectivity index (χ3v) is 4.16. The highest BCUT2D eigenvalue weighted by molar-refractivity contribution is 4.95. The third-order valence-electron chi connectivity index (χ3n) is 4.16. The van der Waals surface area contributed by atoms with Crippen molar-refractivity contribution in [2.45, 2.75) is 56.8 Å². The van der Waals surface area contributed by atoms with Crippen LogP contribution in [0, 0.1) is 5.92 Å². The van der Waals surface area contributed by atoms with Gasteiger partial charge in [0.15, 0.2) is 0 Å². The number of hydrogen-bond acceptors (Lipinski definition) is 4. The van der Waals surface area contributed by atoms with Crippen molar-refractivity contribution in [2.24, 2.45) is 11.7 Å². The Morgan fingerprint density at radius 2 is 1.83 bits per heavy atom. The Balaban J connectivity index is 1.62. The van der Waals surface area contributed by atoms with E-state index in [1.165, 1.54) is 32.1 Å². The maximum Gasteiger partial charge on any atom is 0.0989 e. The second-order valence-electron chi connectivity index (χ2n) is 5.60. The number of nitrogens with two attached hydrogens (primary N) is 1. The summed E-state index contributed by atoms with van der Waals surface area (Å²) < 4.78 is 16.7. The molecule has 0 bridgehead atoms. The number of hydrogen-bond donors (Lipinski definition) is 1. The lowest BCUT2D eigenvalue weighted by atomic mass is 9.85. The summed E-state index contributed by atoms with van der Waals surface area (Å²) in [5.41, 5.74) is 5.96. The van der Waals surface area contributed by atoms with Gasteiger partial charge >= 0.3 is 0 Å². The van der Waals surface area contributed by atoms with Crippen molar-refractivity contribution in [1.82, 2.24) is 0 Å². The molecule has 2 saturated carbocycles. The molecule has 2 rings (SSSR count). The molecule has 2 aliphatic rings. The first-order valence-electron chi connectivity index (χ1n) is 7.29. The largest absolute Gasteiger partial charge is 0.382 e. The van der Waals surface area contributed by atoms with E-state index in [2.05, 4.69) is 0 Å². The van der Waals surface area contributed by atoms with Crippen LogP contribution in [-0.2, 0) is 14.2 Å². The molecule has 0 amide bonds. The highest BCUT2D eigenvalue weighted by atomic mass is 16.6. The van der Waals surface area contributed by atoms with Gasteiger partial charge in [-0.2, -0.15) is 0 Å². The highest BCUT2D eigenvalue weighted by Crippen LogP contribution is 2.29. The van der Waals surface area contributed by atoms with Crippen molar-refractivity contribution < 1.29 is 14.2 Å². The second-order valence-corrected chi connectivity index (χ2v) is 5.60. The monoisotopic (exact) mass is 257 g/mol. The number of ether oxygens (including phenoxy) is 3. The maximum absolute atomic E-state index is 5.99. The fourth-order valence-electron chi connectivity index (χ4n) is 2.89. The summed E-state index contributed by atoms with van der Waals surface area (Å²) in [4.78, 5) is 0. The van der Waals surface area contributed by atoms with E-state index in [0.29, 0.717) is 13.2 Å². The fraction of sp³-hybridized carbons (Fsp3) is 1.00. The van der Waals surface area contributed by atoms with Crippen molar-refractivity contribution in [2.75, 3.05) is 26.9 Å². The van der Waals surface area contributed by atoms with Crippen LogP contribution in [0.5, 0.6) is 0 Å². The van der Waals surface area contributed by atoms with Crippen LogP contribution in [0.4, 0.5) is 0 Å². The van der Waals surface area contributed by atoms with Crippen molar-refractivity contribution in [3.63, 3.8) is 0 Å². The smallest absolute Gasteiger partial charge is 0.0989 e. The minimum absolute atomic E-state index is 0.0729. The lowest BCUT2D eigenvalue weighted by Crippen LogP contribution is -2.58. The van der Waals surface area contributed by atoms with Gasteiger partial charge < -0.3 is 19.9 Å². The van der Waals surface area contributed by atoms with E-state index in [-0.39, 0.29) is 18.2 Å². The van der Waals surface area contributed by atoms with E-state index in [1.54, 1.807) is 7.11 Å². The Labute approximate surface area is 110 Å². The van der Waals surface area contributed by atoms with Crippen LogP contribution in [-0.4, -0.2) is 45.2 Å². The zero-order chi connectivity index (χ0) is 12.8. The summed E-state index contributed by atoms with van der Waals surface area (Å²) in [6.45, 7) is 2.12. The maximum atomic E-state index is 5.99. The zero-order valence-electron chi connectivity index (χ0n) is 11.5. The first kappa shape index (κ1) is 14.3. The standard InChI is InChI=1S/C14H27NO3/c1-16-7-8-17-14-12(15)9-13(14)18-10-11-5-3-2-4-6-11/h11-14H,2-10,15H2,1H3. The molecule has 0 aromatic heterocycles. The van der Waals surface area contributed by atoms with Crippen LogP contribution in [0.1, 0.15) is 38.5 Å². The first-order chi connectivity index (χ1) is 8.81. The van der Waals surface area contributed by atoms with Crippen LogP contribution < -0.4 is 5.73 Å². The third kappa shape index (κ3) is 3.92. The van der Waals surface area contributed by atoms with E-state index in [9.17, 15) is 0 Å². The normalized spacial score (nSPS) is 33.3. The SMILES string of the molecule is COCCOC1C(N)CC1OCC1CCCCC1. The molecule has 3 unspecified atom stereocenters.